The number of methoxy groups -OCH3 is 1. The van der Waals surface area contributed by atoms with Crippen molar-refractivity contribution >= 4 is 17.0 Å². The van der Waals surface area contributed by atoms with E-state index in [1.54, 1.807) is 13.4 Å². The molecule has 1 saturated heterocycles. The fourth-order valence-electron chi connectivity index (χ4n) is 5.51. The van der Waals surface area contributed by atoms with Gasteiger partial charge in [0.1, 0.15) is 5.58 Å². The third kappa shape index (κ3) is 7.21. The number of hydrogen-bond acceptors (Lipinski definition) is 5. The molecule has 7 nitrogen and oxygen atoms in total. The lowest BCUT2D eigenvalue weighted by Gasteiger charge is -2.43. The molecule has 2 amide bonds. The molecule has 0 radical (unpaired) electrons. The van der Waals surface area contributed by atoms with Gasteiger partial charge in [-0.1, -0.05) is 39.0 Å². The first kappa shape index (κ1) is 27.5. The summed E-state index contributed by atoms with van der Waals surface area (Å²) in [6.07, 6.45) is 6.61. The number of urea groups is 1. The van der Waals surface area contributed by atoms with Gasteiger partial charge in [0.05, 0.1) is 11.9 Å². The third-order valence-electron chi connectivity index (χ3n) is 7.12. The smallest absolute Gasteiger partial charge is 0.317 e. The number of nitrogens with zero attached hydrogens (tertiary/aromatic N) is 1. The van der Waals surface area contributed by atoms with Crippen LogP contribution in [0.1, 0.15) is 64.9 Å². The van der Waals surface area contributed by atoms with Crippen LogP contribution in [0.5, 0.6) is 0 Å². The Labute approximate surface area is 210 Å². The highest BCUT2D eigenvalue weighted by Gasteiger charge is 2.43. The van der Waals surface area contributed by atoms with E-state index in [2.05, 4.69) is 31.4 Å². The zero-order chi connectivity index (χ0) is 25.5. The van der Waals surface area contributed by atoms with Crippen LogP contribution in [-0.2, 0) is 10.3 Å². The van der Waals surface area contributed by atoms with Crippen molar-refractivity contribution in [3.05, 3.63) is 36.1 Å². The first-order valence-corrected chi connectivity index (χ1v) is 13.1. The number of para-hydroxylation sites is 1. The molecule has 1 aliphatic rings. The number of likely N-dealkylation sites (tertiary alicyclic amines) is 1. The molecule has 3 rings (SSSR count). The molecule has 1 aliphatic heterocycles. The van der Waals surface area contributed by atoms with Gasteiger partial charge in [-0.2, -0.15) is 0 Å². The highest BCUT2D eigenvalue weighted by atomic mass is 16.5. The van der Waals surface area contributed by atoms with Crippen molar-refractivity contribution in [1.29, 1.82) is 0 Å². The Morgan fingerprint density at radius 3 is 2.80 bits per heavy atom. The summed E-state index contributed by atoms with van der Waals surface area (Å²) in [6, 6.07) is 7.91. The second-order valence-corrected chi connectivity index (χ2v) is 11.3. The predicted octanol–water partition coefficient (Wildman–Crippen LogP) is 4.88. The maximum absolute atomic E-state index is 13.3. The van der Waals surface area contributed by atoms with E-state index in [-0.39, 0.29) is 23.4 Å². The Bertz CT molecular complexity index is 938. The monoisotopic (exact) mass is 487 g/mol. The summed E-state index contributed by atoms with van der Waals surface area (Å²) in [5.74, 6) is -0.0781. The quantitative estimate of drug-likeness (QED) is 0.393. The molecule has 35 heavy (non-hydrogen) atoms. The number of rotatable bonds is 11. The Morgan fingerprint density at radius 2 is 2.09 bits per heavy atom. The first-order chi connectivity index (χ1) is 16.7. The van der Waals surface area contributed by atoms with Gasteiger partial charge in [-0.3, -0.25) is 0 Å². The van der Waals surface area contributed by atoms with Crippen LogP contribution in [0.3, 0.4) is 0 Å². The van der Waals surface area contributed by atoms with Gasteiger partial charge in [-0.25, -0.2) is 4.79 Å². The first-order valence-electron chi connectivity index (χ1n) is 13.1. The second-order valence-electron chi connectivity index (χ2n) is 11.3. The zero-order valence-electron chi connectivity index (χ0n) is 22.2. The molecule has 7 heteroatoms. The number of nitrogens with one attached hydrogen (secondary N) is 2. The van der Waals surface area contributed by atoms with Crippen LogP contribution < -0.4 is 10.6 Å². The lowest BCUT2D eigenvalue weighted by atomic mass is 9.73. The minimum Gasteiger partial charge on any atom is -0.464 e. The molecule has 1 aromatic carbocycles. The van der Waals surface area contributed by atoms with Gasteiger partial charge in [-0.05, 0) is 57.1 Å². The second kappa shape index (κ2) is 12.2. The highest BCUT2D eigenvalue weighted by Crippen LogP contribution is 2.42. The topological polar surface area (TPSA) is 87.0 Å². The van der Waals surface area contributed by atoms with Crippen molar-refractivity contribution in [2.24, 2.45) is 11.3 Å². The molecular formula is C28H45N3O4. The van der Waals surface area contributed by atoms with E-state index in [1.165, 1.54) is 0 Å². The summed E-state index contributed by atoms with van der Waals surface area (Å²) in [7, 11) is 3.62. The van der Waals surface area contributed by atoms with Crippen LogP contribution >= 0.6 is 0 Å². The van der Waals surface area contributed by atoms with Gasteiger partial charge in [-0.15, -0.1) is 0 Å². The number of furan rings is 1. The maximum atomic E-state index is 13.3. The average Bonchev–Trinajstić information content (AvgIpc) is 3.30. The Hall–Kier alpha value is -2.09. The van der Waals surface area contributed by atoms with Gasteiger partial charge in [0.15, 0.2) is 0 Å². The molecule has 0 spiro atoms. The van der Waals surface area contributed by atoms with E-state index in [1.807, 2.05) is 36.2 Å². The number of piperidine rings is 1. The summed E-state index contributed by atoms with van der Waals surface area (Å²) in [5, 5.41) is 19.7. The standard InChI is InChI=1S/C28H45N3O4/c1-27(2,3)18-23(19-29-4)30-26(32)31-15-9-11-22(20-31)28(33,14-6-7-16-34-5)24-12-8-10-21-13-17-35-25(21)24/h8,10,12-13,17,22-23,29,33H,6-7,9,11,14-16,18-20H2,1-5H3,(H,30,32)/t22-,23+,28+/m1/s1. The molecule has 3 atom stereocenters. The summed E-state index contributed by atoms with van der Waals surface area (Å²) in [5.41, 5.74) is 0.594. The minimum atomic E-state index is -1.08. The Kier molecular flexibility index (Phi) is 9.62. The van der Waals surface area contributed by atoms with Crippen LogP contribution in [0.15, 0.2) is 34.9 Å². The molecule has 0 aliphatic carbocycles. The number of fused-ring (bicyclic) bond motifs is 1. The molecule has 0 bridgehead atoms. The Morgan fingerprint density at radius 1 is 1.29 bits per heavy atom. The number of benzene rings is 1. The highest BCUT2D eigenvalue weighted by molar-refractivity contribution is 5.81. The number of carbonyl (C=O) groups excluding carboxylic acids is 1. The molecule has 1 aromatic heterocycles. The SMILES string of the molecule is CNC[C@H](CC(C)(C)C)NC(=O)N1CCC[C@@H]([C@@](O)(CCCCOC)c2cccc3ccoc23)C1. The van der Waals surface area contributed by atoms with Crippen LogP contribution in [0.4, 0.5) is 4.79 Å². The van der Waals surface area contributed by atoms with Gasteiger partial charge < -0.3 is 29.8 Å². The van der Waals surface area contributed by atoms with E-state index < -0.39 is 5.60 Å². The fourth-order valence-corrected chi connectivity index (χ4v) is 5.51. The van der Waals surface area contributed by atoms with Crippen LogP contribution in [0.25, 0.3) is 11.0 Å². The summed E-state index contributed by atoms with van der Waals surface area (Å²) < 4.78 is 11.1. The van der Waals surface area contributed by atoms with E-state index in [0.717, 1.165) is 55.2 Å². The average molecular weight is 488 g/mol. The summed E-state index contributed by atoms with van der Waals surface area (Å²) in [6.45, 7) is 9.19. The van der Waals surface area contributed by atoms with E-state index >= 15 is 0 Å². The van der Waals surface area contributed by atoms with Crippen molar-refractivity contribution in [3.8, 4) is 0 Å². The summed E-state index contributed by atoms with van der Waals surface area (Å²) in [4.78, 5) is 15.2. The lowest BCUT2D eigenvalue weighted by Crippen LogP contribution is -2.54. The van der Waals surface area contributed by atoms with Crippen molar-refractivity contribution in [2.75, 3.05) is 40.4 Å². The van der Waals surface area contributed by atoms with Gasteiger partial charge >= 0.3 is 6.03 Å². The molecule has 0 saturated carbocycles. The largest absolute Gasteiger partial charge is 0.464 e. The van der Waals surface area contributed by atoms with Crippen LogP contribution in [-0.4, -0.2) is 62.5 Å². The molecule has 0 unspecified atom stereocenters. The number of aliphatic hydroxyl groups is 1. The van der Waals surface area contributed by atoms with Crippen molar-refractivity contribution in [2.45, 2.75) is 70.9 Å². The number of unbranched alkanes of at least 4 members (excludes halogenated alkanes) is 1. The summed E-state index contributed by atoms with van der Waals surface area (Å²) >= 11 is 0. The van der Waals surface area contributed by atoms with Crippen molar-refractivity contribution < 1.29 is 19.1 Å². The van der Waals surface area contributed by atoms with Crippen LogP contribution in [0, 0.1) is 11.3 Å². The molecule has 3 N–H and O–H groups in total. The number of amides is 2. The fraction of sp³-hybridized carbons (Fsp3) is 0.679. The molecule has 196 valence electrons. The van der Waals surface area contributed by atoms with Gasteiger partial charge in [0, 0.05) is 56.3 Å². The number of likely N-dealkylation sites (N-methyl/N-ethyl adjacent to an activating group) is 1. The van der Waals surface area contributed by atoms with E-state index in [4.69, 9.17) is 9.15 Å². The Balaban J connectivity index is 1.80. The number of carbonyl (C=O) groups is 1. The van der Waals surface area contributed by atoms with Crippen molar-refractivity contribution in [3.63, 3.8) is 0 Å². The zero-order valence-corrected chi connectivity index (χ0v) is 22.2. The molecule has 2 heterocycles. The number of hydrogen-bond donors (Lipinski definition) is 3. The normalized spacial score (nSPS) is 19.5. The predicted molar refractivity (Wildman–Crippen MR) is 140 cm³/mol. The van der Waals surface area contributed by atoms with E-state index in [9.17, 15) is 9.90 Å². The lowest BCUT2D eigenvalue weighted by molar-refractivity contribution is -0.0558. The van der Waals surface area contributed by atoms with Gasteiger partial charge in [0.2, 0.25) is 0 Å². The molecule has 2 aromatic rings. The van der Waals surface area contributed by atoms with Gasteiger partial charge in [0.25, 0.3) is 0 Å². The number of ether oxygens (including phenoxy) is 1. The van der Waals surface area contributed by atoms with Crippen LogP contribution in [0.2, 0.25) is 0 Å². The van der Waals surface area contributed by atoms with Crippen molar-refractivity contribution in [1.82, 2.24) is 15.5 Å². The van der Waals surface area contributed by atoms with E-state index in [0.29, 0.717) is 26.1 Å². The maximum Gasteiger partial charge on any atom is 0.317 e. The molecular weight excluding hydrogens is 442 g/mol. The minimum absolute atomic E-state index is 0.0443. The molecule has 1 fully saturated rings. The third-order valence-corrected chi connectivity index (χ3v) is 7.12.